The van der Waals surface area contributed by atoms with E-state index in [0.717, 1.165) is 53.8 Å². The Morgan fingerprint density at radius 1 is 1.17 bits per heavy atom. The molecular weight excluding hydrogens is 430 g/mol. The van der Waals surface area contributed by atoms with Crippen LogP contribution in [0.5, 0.6) is 0 Å². The van der Waals surface area contributed by atoms with Gasteiger partial charge in [-0.1, -0.05) is 0 Å². The summed E-state index contributed by atoms with van der Waals surface area (Å²) < 4.78 is 6.55. The highest BCUT2D eigenvalue weighted by molar-refractivity contribution is 7.19. The first-order valence-electron chi connectivity index (χ1n) is 9.74. The van der Waals surface area contributed by atoms with Crippen LogP contribution >= 0.6 is 34.3 Å². The molecule has 0 amide bonds. The Bertz CT molecular complexity index is 982. The topological polar surface area (TPSA) is 74.6 Å². The van der Waals surface area contributed by atoms with E-state index in [1.165, 1.54) is 16.2 Å². The second-order valence-electron chi connectivity index (χ2n) is 7.49. The molecule has 2 aliphatic rings. The lowest BCUT2D eigenvalue weighted by atomic mass is 9.92. The number of likely N-dealkylation sites (tertiary alicyclic amines) is 1. The molecule has 0 saturated carbocycles. The molecule has 1 N–H and O–H groups in total. The SMILES string of the molecule is OC1(c2nccs2)CCN(Cc2cc3nc(Cl)nc(N4CCOCC4)c3s2)CC1. The van der Waals surface area contributed by atoms with E-state index in [2.05, 4.69) is 30.8 Å². The minimum absolute atomic E-state index is 0.287. The predicted octanol–water partition coefficient (Wildman–Crippen LogP) is 3.12. The van der Waals surface area contributed by atoms with Gasteiger partial charge < -0.3 is 14.7 Å². The second kappa shape index (κ2) is 8.05. The molecule has 0 atom stereocenters. The fourth-order valence-corrected chi connectivity index (χ4v) is 6.09. The van der Waals surface area contributed by atoms with Crippen LogP contribution in [0.25, 0.3) is 10.2 Å². The molecule has 2 aliphatic heterocycles. The number of fused-ring (bicyclic) bond motifs is 1. The zero-order chi connectivity index (χ0) is 19.8. The van der Waals surface area contributed by atoms with E-state index in [0.29, 0.717) is 26.1 Å². The van der Waals surface area contributed by atoms with Gasteiger partial charge >= 0.3 is 0 Å². The standard InChI is InChI=1S/C19H22ClN5O2S2/c20-18-22-14-11-13(29-15(14)16(23-18)25-6-8-27-9-7-25)12-24-4-1-19(26,2-5-24)17-21-3-10-28-17/h3,10-11,26H,1-2,4-9,12H2. The maximum absolute atomic E-state index is 10.9. The van der Waals surface area contributed by atoms with E-state index < -0.39 is 5.60 Å². The van der Waals surface area contributed by atoms with Crippen LogP contribution in [0.4, 0.5) is 5.82 Å². The van der Waals surface area contributed by atoms with Gasteiger partial charge in [-0.3, -0.25) is 4.90 Å². The summed E-state index contributed by atoms with van der Waals surface area (Å²) >= 11 is 9.48. The highest BCUT2D eigenvalue weighted by atomic mass is 35.5. The summed E-state index contributed by atoms with van der Waals surface area (Å²) in [6, 6.07) is 2.12. The van der Waals surface area contributed by atoms with Crippen molar-refractivity contribution >= 4 is 50.3 Å². The average molecular weight is 452 g/mol. The number of nitrogens with zero attached hydrogens (tertiary/aromatic N) is 5. The first kappa shape index (κ1) is 19.6. The molecule has 0 radical (unpaired) electrons. The lowest BCUT2D eigenvalue weighted by molar-refractivity contribution is -0.0276. The normalized spacial score (nSPS) is 20.4. The second-order valence-corrected chi connectivity index (χ2v) is 9.86. The van der Waals surface area contributed by atoms with Crippen LogP contribution in [0.1, 0.15) is 22.7 Å². The van der Waals surface area contributed by atoms with Gasteiger partial charge in [-0.15, -0.1) is 22.7 Å². The van der Waals surface area contributed by atoms with Crippen LogP contribution in [0, 0.1) is 0 Å². The first-order chi connectivity index (χ1) is 14.1. The lowest BCUT2D eigenvalue weighted by Gasteiger charge is -2.36. The number of aliphatic hydroxyl groups is 1. The number of hydrogen-bond acceptors (Lipinski definition) is 9. The van der Waals surface area contributed by atoms with Gasteiger partial charge in [0, 0.05) is 49.2 Å². The van der Waals surface area contributed by atoms with Crippen molar-refractivity contribution in [2.24, 2.45) is 0 Å². The van der Waals surface area contributed by atoms with Crippen LogP contribution in [-0.4, -0.2) is 64.4 Å². The zero-order valence-electron chi connectivity index (χ0n) is 15.9. The van der Waals surface area contributed by atoms with E-state index in [1.54, 1.807) is 17.5 Å². The molecule has 2 fully saturated rings. The predicted molar refractivity (Wildman–Crippen MR) is 116 cm³/mol. The average Bonchev–Trinajstić information content (AvgIpc) is 3.40. The molecule has 0 bridgehead atoms. The van der Waals surface area contributed by atoms with Crippen LogP contribution in [-0.2, 0) is 16.9 Å². The lowest BCUT2D eigenvalue weighted by Crippen LogP contribution is -2.42. The molecule has 3 aromatic heterocycles. The van der Waals surface area contributed by atoms with E-state index in [1.807, 2.05) is 5.38 Å². The molecule has 29 heavy (non-hydrogen) atoms. The summed E-state index contributed by atoms with van der Waals surface area (Å²) in [6.07, 6.45) is 3.17. The van der Waals surface area contributed by atoms with Gasteiger partial charge in [0.1, 0.15) is 10.6 Å². The number of thiazole rings is 1. The minimum atomic E-state index is -0.784. The Kier molecular flexibility index (Phi) is 5.44. The van der Waals surface area contributed by atoms with Gasteiger partial charge in [-0.05, 0) is 30.5 Å². The molecule has 10 heteroatoms. The number of rotatable bonds is 4. The van der Waals surface area contributed by atoms with Crippen molar-refractivity contribution in [2.75, 3.05) is 44.3 Å². The van der Waals surface area contributed by atoms with Gasteiger partial charge in [0.2, 0.25) is 5.28 Å². The number of aromatic nitrogens is 3. The van der Waals surface area contributed by atoms with Crippen molar-refractivity contribution in [1.29, 1.82) is 0 Å². The Labute approximate surface area is 181 Å². The molecule has 5 rings (SSSR count). The highest BCUT2D eigenvalue weighted by Crippen LogP contribution is 2.37. The van der Waals surface area contributed by atoms with Crippen molar-refractivity contribution in [3.8, 4) is 0 Å². The third-order valence-electron chi connectivity index (χ3n) is 5.58. The molecule has 0 unspecified atom stereocenters. The Balaban J connectivity index is 1.33. The fraction of sp³-hybridized carbons (Fsp3) is 0.526. The Hall–Kier alpha value is -1.36. The zero-order valence-corrected chi connectivity index (χ0v) is 18.3. The molecule has 7 nitrogen and oxygen atoms in total. The van der Waals surface area contributed by atoms with Crippen LogP contribution in [0.15, 0.2) is 17.6 Å². The quantitative estimate of drug-likeness (QED) is 0.611. The summed E-state index contributed by atoms with van der Waals surface area (Å²) in [5, 5.41) is 14.0. The molecule has 0 aliphatic carbocycles. The smallest absolute Gasteiger partial charge is 0.224 e. The van der Waals surface area contributed by atoms with Crippen molar-refractivity contribution in [3.05, 3.63) is 32.8 Å². The number of thiophene rings is 1. The summed E-state index contributed by atoms with van der Waals surface area (Å²) in [5.41, 5.74) is 0.121. The Morgan fingerprint density at radius 3 is 2.69 bits per heavy atom. The van der Waals surface area contributed by atoms with Gasteiger partial charge in [-0.2, -0.15) is 4.98 Å². The van der Waals surface area contributed by atoms with E-state index >= 15 is 0 Å². The van der Waals surface area contributed by atoms with E-state index in [9.17, 15) is 5.11 Å². The van der Waals surface area contributed by atoms with E-state index in [-0.39, 0.29) is 5.28 Å². The van der Waals surface area contributed by atoms with Gasteiger partial charge in [-0.25, -0.2) is 9.97 Å². The van der Waals surface area contributed by atoms with Crippen molar-refractivity contribution in [3.63, 3.8) is 0 Å². The van der Waals surface area contributed by atoms with Crippen LogP contribution in [0.2, 0.25) is 5.28 Å². The molecule has 0 aromatic carbocycles. The van der Waals surface area contributed by atoms with Crippen LogP contribution < -0.4 is 4.90 Å². The number of piperidine rings is 1. The van der Waals surface area contributed by atoms with Gasteiger partial charge in [0.15, 0.2) is 5.82 Å². The monoisotopic (exact) mass is 451 g/mol. The maximum Gasteiger partial charge on any atom is 0.224 e. The Morgan fingerprint density at radius 2 is 1.97 bits per heavy atom. The van der Waals surface area contributed by atoms with Crippen molar-refractivity contribution < 1.29 is 9.84 Å². The highest BCUT2D eigenvalue weighted by Gasteiger charge is 2.36. The fourth-order valence-electron chi connectivity index (χ4n) is 3.97. The molecule has 5 heterocycles. The number of hydrogen-bond donors (Lipinski definition) is 1. The van der Waals surface area contributed by atoms with Crippen molar-refractivity contribution in [1.82, 2.24) is 19.9 Å². The molecule has 0 spiro atoms. The summed E-state index contributed by atoms with van der Waals surface area (Å²) in [7, 11) is 0. The van der Waals surface area contributed by atoms with Crippen molar-refractivity contribution in [2.45, 2.75) is 25.0 Å². The minimum Gasteiger partial charge on any atom is -0.383 e. The van der Waals surface area contributed by atoms with E-state index in [4.69, 9.17) is 16.3 Å². The number of anilines is 1. The largest absolute Gasteiger partial charge is 0.383 e. The third-order valence-corrected chi connectivity index (χ3v) is 7.82. The molecule has 2 saturated heterocycles. The summed E-state index contributed by atoms with van der Waals surface area (Å²) in [6.45, 7) is 5.57. The number of ether oxygens (including phenoxy) is 1. The molecular formula is C19H22ClN5O2S2. The maximum atomic E-state index is 10.9. The number of morpholine rings is 1. The molecule has 154 valence electrons. The van der Waals surface area contributed by atoms with Gasteiger partial charge in [0.25, 0.3) is 0 Å². The van der Waals surface area contributed by atoms with Gasteiger partial charge in [0.05, 0.1) is 23.4 Å². The summed E-state index contributed by atoms with van der Waals surface area (Å²) in [4.78, 5) is 19.1. The molecule has 3 aromatic rings. The summed E-state index contributed by atoms with van der Waals surface area (Å²) in [5.74, 6) is 0.913. The number of halogens is 1. The first-order valence-corrected chi connectivity index (χ1v) is 11.8. The third kappa shape index (κ3) is 3.99. The van der Waals surface area contributed by atoms with Crippen LogP contribution in [0.3, 0.4) is 0 Å².